The third-order valence-electron chi connectivity index (χ3n) is 3.61. The van der Waals surface area contributed by atoms with Gasteiger partial charge in [0, 0.05) is 17.4 Å². The van der Waals surface area contributed by atoms with E-state index in [9.17, 15) is 9.59 Å². The standard InChI is InChI=1S/C16H17N3O4S/c17-14(20)13-12(8-24-15(13)19-16(18)21)9-2-1-3-10(6-9)23-11-4-5-22-7-11/h1-3,6,8,11H,4-5,7H2,(H2,17,20)(H3,18,19,21). The molecule has 0 aliphatic carbocycles. The Morgan fingerprint density at radius 3 is 2.83 bits per heavy atom. The Morgan fingerprint density at radius 1 is 1.33 bits per heavy atom. The molecule has 5 N–H and O–H groups in total. The molecule has 7 nitrogen and oxygen atoms in total. The van der Waals surface area contributed by atoms with E-state index in [0.717, 1.165) is 12.0 Å². The molecule has 0 bridgehead atoms. The molecule has 24 heavy (non-hydrogen) atoms. The van der Waals surface area contributed by atoms with E-state index in [-0.39, 0.29) is 11.7 Å². The third-order valence-corrected chi connectivity index (χ3v) is 4.51. The number of benzene rings is 1. The monoisotopic (exact) mass is 347 g/mol. The molecule has 1 aromatic heterocycles. The van der Waals surface area contributed by atoms with Crippen LogP contribution in [0.15, 0.2) is 29.6 Å². The van der Waals surface area contributed by atoms with Crippen molar-refractivity contribution in [3.8, 4) is 16.9 Å². The number of carbonyl (C=O) groups excluding carboxylic acids is 2. The van der Waals surface area contributed by atoms with Gasteiger partial charge in [0.2, 0.25) is 0 Å². The van der Waals surface area contributed by atoms with E-state index in [0.29, 0.717) is 29.5 Å². The van der Waals surface area contributed by atoms with Crippen molar-refractivity contribution in [2.24, 2.45) is 11.5 Å². The van der Waals surface area contributed by atoms with Crippen LogP contribution in [0.1, 0.15) is 16.8 Å². The van der Waals surface area contributed by atoms with E-state index in [1.807, 2.05) is 24.3 Å². The van der Waals surface area contributed by atoms with Crippen molar-refractivity contribution in [2.75, 3.05) is 18.5 Å². The van der Waals surface area contributed by atoms with Crippen LogP contribution >= 0.6 is 11.3 Å². The molecule has 1 aromatic carbocycles. The summed E-state index contributed by atoms with van der Waals surface area (Å²) < 4.78 is 11.2. The summed E-state index contributed by atoms with van der Waals surface area (Å²) in [6, 6.07) is 6.62. The molecule has 2 aromatic rings. The number of primary amides is 2. The van der Waals surface area contributed by atoms with Gasteiger partial charge in [-0.05, 0) is 17.7 Å². The summed E-state index contributed by atoms with van der Waals surface area (Å²) in [7, 11) is 0. The lowest BCUT2D eigenvalue weighted by atomic mass is 10.0. The topological polar surface area (TPSA) is 117 Å². The fourth-order valence-corrected chi connectivity index (χ4v) is 3.53. The summed E-state index contributed by atoms with van der Waals surface area (Å²) in [5, 5.41) is 4.51. The molecule has 126 valence electrons. The van der Waals surface area contributed by atoms with Gasteiger partial charge in [-0.2, -0.15) is 0 Å². The number of rotatable bonds is 5. The molecule has 8 heteroatoms. The minimum Gasteiger partial charge on any atom is -0.488 e. The zero-order valence-corrected chi connectivity index (χ0v) is 13.6. The highest BCUT2D eigenvalue weighted by Crippen LogP contribution is 2.36. The molecule has 1 unspecified atom stereocenters. The van der Waals surface area contributed by atoms with Gasteiger partial charge in [-0.25, -0.2) is 4.79 Å². The summed E-state index contributed by atoms with van der Waals surface area (Å²) in [5.74, 6) is 0.0551. The highest BCUT2D eigenvalue weighted by molar-refractivity contribution is 7.15. The molecular weight excluding hydrogens is 330 g/mol. The number of nitrogens with one attached hydrogen (secondary N) is 1. The van der Waals surface area contributed by atoms with E-state index in [1.54, 1.807) is 5.38 Å². The second kappa shape index (κ2) is 6.90. The van der Waals surface area contributed by atoms with Crippen LogP contribution in [0.5, 0.6) is 5.75 Å². The maximum atomic E-state index is 11.8. The summed E-state index contributed by atoms with van der Waals surface area (Å²) in [5.41, 5.74) is 12.2. The first-order valence-electron chi connectivity index (χ1n) is 7.37. The van der Waals surface area contributed by atoms with Crippen LogP contribution in [0.25, 0.3) is 11.1 Å². The lowest BCUT2D eigenvalue weighted by Crippen LogP contribution is -2.21. The lowest BCUT2D eigenvalue weighted by Gasteiger charge is -2.13. The molecule has 1 fully saturated rings. The first-order valence-corrected chi connectivity index (χ1v) is 8.25. The summed E-state index contributed by atoms with van der Waals surface area (Å²) in [6.07, 6.45) is 0.882. The quantitative estimate of drug-likeness (QED) is 0.768. The van der Waals surface area contributed by atoms with Crippen LogP contribution in [0.3, 0.4) is 0 Å². The Balaban J connectivity index is 1.92. The van der Waals surface area contributed by atoms with Crippen molar-refractivity contribution >= 4 is 28.3 Å². The average Bonchev–Trinajstić information content (AvgIpc) is 3.16. The van der Waals surface area contributed by atoms with Gasteiger partial charge in [0.15, 0.2) is 0 Å². The minimum absolute atomic E-state index is 0.0328. The average molecular weight is 347 g/mol. The van der Waals surface area contributed by atoms with Gasteiger partial charge >= 0.3 is 6.03 Å². The van der Waals surface area contributed by atoms with Crippen LogP contribution < -0.4 is 21.5 Å². The van der Waals surface area contributed by atoms with Gasteiger partial charge in [0.25, 0.3) is 5.91 Å². The molecule has 3 rings (SSSR count). The third kappa shape index (κ3) is 3.50. The number of urea groups is 1. The lowest BCUT2D eigenvalue weighted by molar-refractivity contribution is 0.100. The molecule has 0 spiro atoms. The number of nitrogens with two attached hydrogens (primary N) is 2. The predicted molar refractivity (Wildman–Crippen MR) is 91.3 cm³/mol. The minimum atomic E-state index is -0.746. The second-order valence-corrected chi connectivity index (χ2v) is 6.22. The van der Waals surface area contributed by atoms with Crippen LogP contribution in [-0.4, -0.2) is 31.3 Å². The molecule has 0 radical (unpaired) electrons. The zero-order chi connectivity index (χ0) is 17.1. The Hall–Kier alpha value is -2.58. The van der Waals surface area contributed by atoms with E-state index in [2.05, 4.69) is 5.32 Å². The number of carbonyl (C=O) groups is 2. The predicted octanol–water partition coefficient (Wildman–Crippen LogP) is 2.17. The van der Waals surface area contributed by atoms with Crippen LogP contribution in [0.4, 0.5) is 9.80 Å². The van der Waals surface area contributed by atoms with Crippen molar-refractivity contribution in [3.05, 3.63) is 35.2 Å². The first-order chi connectivity index (χ1) is 11.5. The summed E-state index contributed by atoms with van der Waals surface area (Å²) in [6.45, 7) is 1.27. The van der Waals surface area contributed by atoms with Gasteiger partial charge in [-0.1, -0.05) is 12.1 Å². The van der Waals surface area contributed by atoms with Crippen molar-refractivity contribution in [2.45, 2.75) is 12.5 Å². The largest absolute Gasteiger partial charge is 0.488 e. The maximum Gasteiger partial charge on any atom is 0.317 e. The van der Waals surface area contributed by atoms with E-state index < -0.39 is 11.9 Å². The number of ether oxygens (including phenoxy) is 2. The second-order valence-electron chi connectivity index (χ2n) is 5.34. The molecule has 1 atom stereocenters. The van der Waals surface area contributed by atoms with Gasteiger partial charge in [-0.15, -0.1) is 11.3 Å². The SMILES string of the molecule is NC(=O)Nc1scc(-c2cccc(OC3CCOC3)c2)c1C(N)=O. The first kappa shape index (κ1) is 16.3. The number of amides is 3. The zero-order valence-electron chi connectivity index (χ0n) is 12.8. The van der Waals surface area contributed by atoms with E-state index >= 15 is 0 Å². The van der Waals surface area contributed by atoms with Crippen LogP contribution in [0.2, 0.25) is 0 Å². The molecule has 2 heterocycles. The number of anilines is 1. The number of hydrogen-bond donors (Lipinski definition) is 3. The van der Waals surface area contributed by atoms with Gasteiger partial charge < -0.3 is 20.9 Å². The van der Waals surface area contributed by atoms with Gasteiger partial charge in [0.1, 0.15) is 16.9 Å². The normalized spacial score (nSPS) is 16.8. The molecule has 3 amide bonds. The fraction of sp³-hybridized carbons (Fsp3) is 0.250. The van der Waals surface area contributed by atoms with Gasteiger partial charge in [0.05, 0.1) is 18.8 Å². The number of thiophene rings is 1. The fourth-order valence-electron chi connectivity index (χ4n) is 2.55. The molecule has 0 saturated carbocycles. The highest BCUT2D eigenvalue weighted by Gasteiger charge is 2.20. The molecular formula is C16H17N3O4S. The molecule has 1 saturated heterocycles. The van der Waals surface area contributed by atoms with Crippen LogP contribution in [-0.2, 0) is 4.74 Å². The van der Waals surface area contributed by atoms with Gasteiger partial charge in [-0.3, -0.25) is 10.1 Å². The summed E-state index contributed by atoms with van der Waals surface area (Å²) in [4.78, 5) is 22.9. The Kier molecular flexibility index (Phi) is 4.68. The van der Waals surface area contributed by atoms with Crippen molar-refractivity contribution in [1.82, 2.24) is 0 Å². The van der Waals surface area contributed by atoms with Crippen molar-refractivity contribution < 1.29 is 19.1 Å². The van der Waals surface area contributed by atoms with E-state index in [1.165, 1.54) is 11.3 Å². The summed E-state index contributed by atoms with van der Waals surface area (Å²) >= 11 is 1.19. The number of hydrogen-bond acceptors (Lipinski definition) is 5. The van der Waals surface area contributed by atoms with E-state index in [4.69, 9.17) is 20.9 Å². The van der Waals surface area contributed by atoms with Crippen LogP contribution in [0, 0.1) is 0 Å². The Bertz CT molecular complexity index is 768. The molecule has 1 aliphatic rings. The van der Waals surface area contributed by atoms with Crippen molar-refractivity contribution in [1.29, 1.82) is 0 Å². The Labute approximate surface area is 142 Å². The molecule has 1 aliphatic heterocycles. The Morgan fingerprint density at radius 2 is 2.17 bits per heavy atom. The highest BCUT2D eigenvalue weighted by atomic mass is 32.1. The maximum absolute atomic E-state index is 11.8. The van der Waals surface area contributed by atoms with Crippen molar-refractivity contribution in [3.63, 3.8) is 0 Å². The smallest absolute Gasteiger partial charge is 0.317 e.